The molecule has 0 unspecified atom stereocenters. The first kappa shape index (κ1) is 18.0. The summed E-state index contributed by atoms with van der Waals surface area (Å²) in [6.07, 6.45) is 1.20. The molecular formula is C20H19ClN2O3. The molecule has 0 saturated carbocycles. The number of Topliss-reactive ketones (excluding diaryl/α,β-unsaturated/α-hetero) is 1. The minimum Gasteiger partial charge on any atom is -0.497 e. The van der Waals surface area contributed by atoms with Crippen molar-refractivity contribution in [3.05, 3.63) is 64.3 Å². The lowest BCUT2D eigenvalue weighted by molar-refractivity contribution is -0.114. The molecule has 0 aliphatic heterocycles. The molecule has 6 heteroatoms. The molecule has 1 amide bonds. The van der Waals surface area contributed by atoms with Gasteiger partial charge in [0.2, 0.25) is 0 Å². The van der Waals surface area contributed by atoms with Gasteiger partial charge in [-0.1, -0.05) is 11.6 Å². The van der Waals surface area contributed by atoms with E-state index in [9.17, 15) is 9.59 Å². The van der Waals surface area contributed by atoms with Crippen LogP contribution in [0.3, 0.4) is 0 Å². The van der Waals surface area contributed by atoms with Crippen LogP contribution in [0.2, 0.25) is 5.02 Å². The average Bonchev–Trinajstić information content (AvgIpc) is 2.96. The lowest BCUT2D eigenvalue weighted by Gasteiger charge is -2.12. The van der Waals surface area contributed by atoms with Gasteiger partial charge in [-0.15, -0.1) is 0 Å². The van der Waals surface area contributed by atoms with Crippen LogP contribution >= 0.6 is 11.6 Å². The summed E-state index contributed by atoms with van der Waals surface area (Å²) in [5.41, 5.74) is 3.41. The van der Waals surface area contributed by atoms with E-state index < -0.39 is 0 Å². The van der Waals surface area contributed by atoms with Crippen LogP contribution in [-0.4, -0.2) is 18.8 Å². The Morgan fingerprint density at radius 2 is 1.85 bits per heavy atom. The molecule has 5 nitrogen and oxygen atoms in total. The summed E-state index contributed by atoms with van der Waals surface area (Å²) in [6.45, 7) is 1.81. The molecular weight excluding hydrogens is 352 g/mol. The number of methoxy groups -OCH3 is 1. The van der Waals surface area contributed by atoms with Gasteiger partial charge in [-0.05, 0) is 55.8 Å². The molecule has 0 aromatic heterocycles. The fraction of sp³-hybridized carbons (Fsp3) is 0.200. The quantitative estimate of drug-likeness (QED) is 0.803. The Kier molecular flexibility index (Phi) is 5.28. The van der Waals surface area contributed by atoms with Crippen LogP contribution in [0.15, 0.2) is 53.7 Å². The number of ether oxygens (including phenoxy) is 1. The molecule has 0 bridgehead atoms. The Hall–Kier alpha value is -2.79. The van der Waals surface area contributed by atoms with Gasteiger partial charge in [-0.2, -0.15) is 0 Å². The number of allylic oxidation sites excluding steroid dienone is 2. The van der Waals surface area contributed by atoms with E-state index in [-0.39, 0.29) is 11.7 Å². The molecule has 3 rings (SSSR count). The first-order valence-corrected chi connectivity index (χ1v) is 8.60. The molecule has 1 aliphatic carbocycles. The lowest BCUT2D eigenvalue weighted by atomic mass is 10.1. The van der Waals surface area contributed by atoms with E-state index in [0.29, 0.717) is 34.8 Å². The summed E-state index contributed by atoms with van der Waals surface area (Å²) in [7, 11) is 1.59. The Labute approximate surface area is 157 Å². The van der Waals surface area contributed by atoms with Crippen molar-refractivity contribution in [3.8, 4) is 5.75 Å². The fourth-order valence-corrected chi connectivity index (χ4v) is 2.96. The zero-order valence-corrected chi connectivity index (χ0v) is 15.3. The maximum absolute atomic E-state index is 12.4. The summed E-state index contributed by atoms with van der Waals surface area (Å²) in [4.78, 5) is 24.0. The zero-order chi connectivity index (χ0) is 18.7. The number of hydrogen-bond donors (Lipinski definition) is 2. The van der Waals surface area contributed by atoms with Crippen molar-refractivity contribution in [2.45, 2.75) is 19.8 Å². The molecule has 0 radical (unpaired) electrons. The molecule has 26 heavy (non-hydrogen) atoms. The van der Waals surface area contributed by atoms with Crippen LogP contribution in [0, 0.1) is 0 Å². The molecule has 134 valence electrons. The minimum atomic E-state index is -0.255. The van der Waals surface area contributed by atoms with Crippen LogP contribution in [0.5, 0.6) is 5.75 Å². The second-order valence-corrected chi connectivity index (χ2v) is 6.44. The summed E-state index contributed by atoms with van der Waals surface area (Å²) >= 11 is 6.31. The standard InChI is InChI=1S/C20H19ClN2O3/c1-12-17(9-10-19(12)24)23-18-8-3-13(11-16(18)21)20(25)22-14-4-6-15(26-2)7-5-14/h3-8,11,23H,9-10H2,1-2H3,(H,22,25). The van der Waals surface area contributed by atoms with Crippen LogP contribution in [0.4, 0.5) is 11.4 Å². The molecule has 0 spiro atoms. The van der Waals surface area contributed by atoms with Gasteiger partial charge in [0.15, 0.2) is 5.78 Å². The highest BCUT2D eigenvalue weighted by atomic mass is 35.5. The van der Waals surface area contributed by atoms with Crippen molar-refractivity contribution in [2.75, 3.05) is 17.7 Å². The predicted octanol–water partition coefficient (Wildman–Crippen LogP) is 4.65. The van der Waals surface area contributed by atoms with Gasteiger partial charge in [0.25, 0.3) is 5.91 Å². The molecule has 0 saturated heterocycles. The van der Waals surface area contributed by atoms with Gasteiger partial charge < -0.3 is 15.4 Å². The van der Waals surface area contributed by atoms with Gasteiger partial charge in [0, 0.05) is 28.9 Å². The number of hydrogen-bond acceptors (Lipinski definition) is 4. The number of halogens is 1. The monoisotopic (exact) mass is 370 g/mol. The largest absolute Gasteiger partial charge is 0.497 e. The minimum absolute atomic E-state index is 0.152. The summed E-state index contributed by atoms with van der Waals surface area (Å²) < 4.78 is 5.09. The van der Waals surface area contributed by atoms with Crippen LogP contribution in [0.25, 0.3) is 0 Å². The van der Waals surface area contributed by atoms with Gasteiger partial charge >= 0.3 is 0 Å². The van der Waals surface area contributed by atoms with Crippen molar-refractivity contribution in [2.24, 2.45) is 0 Å². The number of carbonyl (C=O) groups is 2. The summed E-state index contributed by atoms with van der Waals surface area (Å²) in [5, 5.41) is 6.44. The van der Waals surface area contributed by atoms with Crippen molar-refractivity contribution >= 4 is 34.7 Å². The zero-order valence-electron chi connectivity index (χ0n) is 14.6. The van der Waals surface area contributed by atoms with Crippen LogP contribution in [0.1, 0.15) is 30.1 Å². The number of benzene rings is 2. The Morgan fingerprint density at radius 3 is 2.42 bits per heavy atom. The maximum atomic E-state index is 12.4. The second-order valence-electron chi connectivity index (χ2n) is 6.03. The maximum Gasteiger partial charge on any atom is 0.255 e. The molecule has 0 heterocycles. The van der Waals surface area contributed by atoms with Crippen molar-refractivity contribution < 1.29 is 14.3 Å². The third-order valence-electron chi connectivity index (χ3n) is 4.34. The molecule has 0 fully saturated rings. The summed E-state index contributed by atoms with van der Waals surface area (Å²) in [6, 6.07) is 12.1. The van der Waals surface area contributed by atoms with E-state index in [2.05, 4.69) is 10.6 Å². The average molecular weight is 371 g/mol. The van der Waals surface area contributed by atoms with E-state index >= 15 is 0 Å². The van der Waals surface area contributed by atoms with Gasteiger partial charge in [0.1, 0.15) is 5.75 Å². The number of rotatable bonds is 5. The third kappa shape index (κ3) is 3.89. The Morgan fingerprint density at radius 1 is 1.12 bits per heavy atom. The highest BCUT2D eigenvalue weighted by Gasteiger charge is 2.20. The van der Waals surface area contributed by atoms with Gasteiger partial charge in [-0.25, -0.2) is 0 Å². The normalized spacial score (nSPS) is 13.7. The number of ketones is 1. The van der Waals surface area contributed by atoms with Crippen LogP contribution < -0.4 is 15.4 Å². The number of amides is 1. The van der Waals surface area contributed by atoms with E-state index in [0.717, 1.165) is 17.0 Å². The number of anilines is 2. The smallest absolute Gasteiger partial charge is 0.255 e. The molecule has 0 atom stereocenters. The SMILES string of the molecule is COc1ccc(NC(=O)c2ccc(NC3=C(C)C(=O)CC3)c(Cl)c2)cc1. The van der Waals surface area contributed by atoms with Crippen molar-refractivity contribution in [1.82, 2.24) is 0 Å². The fourth-order valence-electron chi connectivity index (χ4n) is 2.74. The van der Waals surface area contributed by atoms with E-state index in [4.69, 9.17) is 16.3 Å². The van der Waals surface area contributed by atoms with Crippen molar-refractivity contribution in [3.63, 3.8) is 0 Å². The third-order valence-corrected chi connectivity index (χ3v) is 4.65. The first-order valence-electron chi connectivity index (χ1n) is 8.23. The number of nitrogens with one attached hydrogen (secondary N) is 2. The highest BCUT2D eigenvalue weighted by molar-refractivity contribution is 6.33. The first-order chi connectivity index (χ1) is 12.5. The topological polar surface area (TPSA) is 67.4 Å². The highest BCUT2D eigenvalue weighted by Crippen LogP contribution is 2.29. The molecule has 2 aromatic carbocycles. The van der Waals surface area contributed by atoms with E-state index in [1.54, 1.807) is 49.6 Å². The lowest BCUT2D eigenvalue weighted by Crippen LogP contribution is -2.12. The molecule has 1 aliphatic rings. The molecule has 2 N–H and O–H groups in total. The van der Waals surface area contributed by atoms with Gasteiger partial charge in [0.05, 0.1) is 17.8 Å². The Balaban J connectivity index is 1.72. The number of carbonyl (C=O) groups excluding carboxylic acids is 2. The van der Waals surface area contributed by atoms with E-state index in [1.807, 2.05) is 6.92 Å². The van der Waals surface area contributed by atoms with E-state index in [1.165, 1.54) is 0 Å². The molecule has 2 aromatic rings. The second kappa shape index (κ2) is 7.62. The van der Waals surface area contributed by atoms with Crippen LogP contribution in [-0.2, 0) is 4.79 Å². The predicted molar refractivity (Wildman–Crippen MR) is 103 cm³/mol. The Bertz CT molecular complexity index is 888. The summed E-state index contributed by atoms with van der Waals surface area (Å²) in [5.74, 6) is 0.616. The van der Waals surface area contributed by atoms with Gasteiger partial charge in [-0.3, -0.25) is 9.59 Å². The van der Waals surface area contributed by atoms with Crippen molar-refractivity contribution in [1.29, 1.82) is 0 Å².